The minimum Gasteiger partial charge on any atom is -0.369 e. The maximum atomic E-state index is 5.10. The molecule has 0 amide bonds. The van der Waals surface area contributed by atoms with Crippen LogP contribution in [0.5, 0.6) is 0 Å². The molecule has 0 radical (unpaired) electrons. The van der Waals surface area contributed by atoms with E-state index < -0.39 is 0 Å². The summed E-state index contributed by atoms with van der Waals surface area (Å²) in [6, 6.07) is 1.89. The zero-order valence-electron chi connectivity index (χ0n) is 10.6. The molecule has 6 nitrogen and oxygen atoms in total. The Morgan fingerprint density at radius 1 is 1.22 bits per heavy atom. The predicted molar refractivity (Wildman–Crippen MR) is 69.4 cm³/mol. The lowest BCUT2D eigenvalue weighted by molar-refractivity contribution is 0.384. The molecule has 0 saturated heterocycles. The molecule has 2 heterocycles. The van der Waals surface area contributed by atoms with Gasteiger partial charge in [-0.1, -0.05) is 12.1 Å². The van der Waals surface area contributed by atoms with E-state index in [1.54, 1.807) is 12.4 Å². The van der Waals surface area contributed by atoms with Gasteiger partial charge in [-0.2, -0.15) is 0 Å². The van der Waals surface area contributed by atoms with Crippen molar-refractivity contribution in [3.8, 4) is 0 Å². The third kappa shape index (κ3) is 3.44. The average Bonchev–Trinajstić information content (AvgIpc) is 2.80. The van der Waals surface area contributed by atoms with Crippen molar-refractivity contribution in [3.05, 3.63) is 29.9 Å². The first-order valence-electron chi connectivity index (χ1n) is 6.00. The lowest BCUT2D eigenvalue weighted by atomic mass is 10.4. The fraction of sp³-hybridized carbons (Fsp3) is 0.417. The van der Waals surface area contributed by atoms with Gasteiger partial charge in [0.1, 0.15) is 11.6 Å². The van der Waals surface area contributed by atoms with E-state index >= 15 is 0 Å². The second-order valence-corrected chi connectivity index (χ2v) is 4.00. The van der Waals surface area contributed by atoms with E-state index in [2.05, 4.69) is 32.7 Å². The van der Waals surface area contributed by atoms with Crippen LogP contribution < -0.4 is 10.6 Å². The normalized spacial score (nSPS) is 10.3. The van der Waals surface area contributed by atoms with Crippen LogP contribution >= 0.6 is 0 Å². The van der Waals surface area contributed by atoms with Gasteiger partial charge in [-0.3, -0.25) is 4.98 Å². The lowest BCUT2D eigenvalue weighted by Crippen LogP contribution is -2.06. The van der Waals surface area contributed by atoms with Gasteiger partial charge in [0, 0.05) is 12.6 Å². The molecular weight excluding hydrogens is 230 g/mol. The predicted octanol–water partition coefficient (Wildman–Crippen LogP) is 2.21. The van der Waals surface area contributed by atoms with Gasteiger partial charge in [-0.05, 0) is 13.3 Å². The summed E-state index contributed by atoms with van der Waals surface area (Å²) in [5, 5.41) is 10.2. The van der Waals surface area contributed by atoms with Gasteiger partial charge < -0.3 is 15.2 Å². The molecule has 0 saturated carbocycles. The highest BCUT2D eigenvalue weighted by molar-refractivity contribution is 5.41. The van der Waals surface area contributed by atoms with Crippen molar-refractivity contribution in [3.63, 3.8) is 0 Å². The third-order valence-electron chi connectivity index (χ3n) is 2.31. The van der Waals surface area contributed by atoms with Crippen LogP contribution in [0.2, 0.25) is 0 Å². The van der Waals surface area contributed by atoms with Crippen LogP contribution in [0.25, 0.3) is 0 Å². The third-order valence-corrected chi connectivity index (χ3v) is 2.31. The number of hydrogen-bond acceptors (Lipinski definition) is 6. The first-order valence-corrected chi connectivity index (χ1v) is 6.00. The largest absolute Gasteiger partial charge is 0.369 e. The minimum atomic E-state index is 0.548. The SMILES string of the molecule is CCCNc1cncc(NCc2cc(C)no2)n1. The lowest BCUT2D eigenvalue weighted by Gasteiger charge is -2.06. The summed E-state index contributed by atoms with van der Waals surface area (Å²) in [7, 11) is 0. The van der Waals surface area contributed by atoms with Crippen molar-refractivity contribution in [1.82, 2.24) is 15.1 Å². The number of anilines is 2. The van der Waals surface area contributed by atoms with E-state index in [1.807, 2.05) is 13.0 Å². The van der Waals surface area contributed by atoms with E-state index in [1.165, 1.54) is 0 Å². The number of nitrogens with one attached hydrogen (secondary N) is 2. The second-order valence-electron chi connectivity index (χ2n) is 4.00. The van der Waals surface area contributed by atoms with Gasteiger partial charge in [0.05, 0.1) is 24.6 Å². The Morgan fingerprint density at radius 3 is 2.67 bits per heavy atom. The van der Waals surface area contributed by atoms with Crippen LogP contribution in [0, 0.1) is 6.92 Å². The fourth-order valence-corrected chi connectivity index (χ4v) is 1.47. The van der Waals surface area contributed by atoms with Gasteiger partial charge in [-0.15, -0.1) is 0 Å². The average molecular weight is 247 g/mol. The van der Waals surface area contributed by atoms with Gasteiger partial charge >= 0.3 is 0 Å². The molecule has 2 aromatic heterocycles. The van der Waals surface area contributed by atoms with Gasteiger partial charge in [-0.25, -0.2) is 4.98 Å². The monoisotopic (exact) mass is 247 g/mol. The highest BCUT2D eigenvalue weighted by atomic mass is 16.5. The molecule has 0 atom stereocenters. The first kappa shape index (κ1) is 12.3. The molecule has 0 aliphatic rings. The quantitative estimate of drug-likeness (QED) is 0.815. The van der Waals surface area contributed by atoms with Crippen LogP contribution in [0.4, 0.5) is 11.6 Å². The maximum absolute atomic E-state index is 5.10. The summed E-state index contributed by atoms with van der Waals surface area (Å²) in [6.45, 7) is 5.43. The molecule has 0 spiro atoms. The van der Waals surface area contributed by atoms with E-state index in [4.69, 9.17) is 4.52 Å². The van der Waals surface area contributed by atoms with Crippen LogP contribution in [-0.2, 0) is 6.54 Å². The van der Waals surface area contributed by atoms with Gasteiger partial charge in [0.15, 0.2) is 5.76 Å². The molecule has 2 N–H and O–H groups in total. The smallest absolute Gasteiger partial charge is 0.156 e. The molecule has 0 aliphatic carbocycles. The Bertz CT molecular complexity index is 497. The van der Waals surface area contributed by atoms with E-state index in [-0.39, 0.29) is 0 Å². The topological polar surface area (TPSA) is 75.9 Å². The second kappa shape index (κ2) is 6.00. The fourth-order valence-electron chi connectivity index (χ4n) is 1.47. The molecule has 2 rings (SSSR count). The molecule has 0 aliphatic heterocycles. The summed E-state index contributed by atoms with van der Waals surface area (Å²) in [5.41, 5.74) is 0.872. The number of aryl methyl sites for hydroxylation is 1. The van der Waals surface area contributed by atoms with Crippen molar-refractivity contribution >= 4 is 11.6 Å². The van der Waals surface area contributed by atoms with Gasteiger partial charge in [0.2, 0.25) is 0 Å². The number of aromatic nitrogens is 3. The minimum absolute atomic E-state index is 0.548. The summed E-state index contributed by atoms with van der Waals surface area (Å²) in [6.07, 6.45) is 4.44. The number of nitrogens with zero attached hydrogens (tertiary/aromatic N) is 3. The zero-order valence-corrected chi connectivity index (χ0v) is 10.6. The first-order chi connectivity index (χ1) is 8.78. The highest BCUT2D eigenvalue weighted by Crippen LogP contribution is 2.09. The Balaban J connectivity index is 1.92. The van der Waals surface area contributed by atoms with E-state index in [0.29, 0.717) is 12.4 Å². The molecule has 0 unspecified atom stereocenters. The molecule has 6 heteroatoms. The van der Waals surface area contributed by atoms with Crippen LogP contribution in [0.3, 0.4) is 0 Å². The van der Waals surface area contributed by atoms with Crippen molar-refractivity contribution in [1.29, 1.82) is 0 Å². The van der Waals surface area contributed by atoms with Crippen molar-refractivity contribution < 1.29 is 4.52 Å². The molecular formula is C12H17N5O. The molecule has 96 valence electrons. The molecule has 0 aromatic carbocycles. The van der Waals surface area contributed by atoms with Crippen LogP contribution in [-0.4, -0.2) is 21.7 Å². The van der Waals surface area contributed by atoms with Crippen LogP contribution in [0.1, 0.15) is 24.8 Å². The molecule has 18 heavy (non-hydrogen) atoms. The molecule has 2 aromatic rings. The summed E-state index contributed by atoms with van der Waals surface area (Å²) < 4.78 is 5.10. The van der Waals surface area contributed by atoms with E-state index in [9.17, 15) is 0 Å². The van der Waals surface area contributed by atoms with Crippen molar-refractivity contribution in [2.75, 3.05) is 17.2 Å². The van der Waals surface area contributed by atoms with Gasteiger partial charge in [0.25, 0.3) is 0 Å². The standard InChI is InChI=1S/C12H17N5O/c1-3-4-14-11-7-13-8-12(16-11)15-6-10-5-9(2)17-18-10/h5,7-8H,3-4,6H2,1-2H3,(H2,14,15,16). The Morgan fingerprint density at radius 2 is 2.00 bits per heavy atom. The summed E-state index contributed by atoms with van der Waals surface area (Å²) in [4.78, 5) is 8.51. The highest BCUT2D eigenvalue weighted by Gasteiger charge is 2.02. The van der Waals surface area contributed by atoms with Crippen LogP contribution in [0.15, 0.2) is 23.0 Å². The Kier molecular flexibility index (Phi) is 4.11. The zero-order chi connectivity index (χ0) is 12.8. The molecule has 0 bridgehead atoms. The Hall–Kier alpha value is -2.11. The Labute approximate surface area is 106 Å². The maximum Gasteiger partial charge on any atom is 0.156 e. The van der Waals surface area contributed by atoms with E-state index in [0.717, 1.165) is 30.2 Å². The molecule has 0 fully saturated rings. The summed E-state index contributed by atoms with van der Waals surface area (Å²) >= 11 is 0. The number of hydrogen-bond donors (Lipinski definition) is 2. The van der Waals surface area contributed by atoms with Crippen molar-refractivity contribution in [2.24, 2.45) is 0 Å². The summed E-state index contributed by atoms with van der Waals surface area (Å²) in [5.74, 6) is 2.27. The number of rotatable bonds is 6. The van der Waals surface area contributed by atoms with Crippen molar-refractivity contribution in [2.45, 2.75) is 26.8 Å².